The van der Waals surface area contributed by atoms with Crippen LogP contribution in [0.5, 0.6) is 0 Å². The molecule has 1 aromatic rings. The Morgan fingerprint density at radius 2 is 1.34 bits per heavy atom. The molecular formula is C29H52N2O. The number of nitrogens with two attached hydrogens (primary N) is 1. The predicted molar refractivity (Wildman–Crippen MR) is 139 cm³/mol. The Morgan fingerprint density at radius 3 is 1.94 bits per heavy atom. The molecule has 1 aliphatic rings. The van der Waals surface area contributed by atoms with E-state index in [1.54, 1.807) is 0 Å². The predicted octanol–water partition coefficient (Wildman–Crippen LogP) is 7.48. The van der Waals surface area contributed by atoms with E-state index in [0.717, 1.165) is 32.5 Å². The van der Waals surface area contributed by atoms with Gasteiger partial charge in [-0.3, -0.25) is 4.90 Å². The van der Waals surface area contributed by atoms with Crippen LogP contribution in [-0.4, -0.2) is 36.9 Å². The number of rotatable bonds is 20. The third-order valence-electron chi connectivity index (χ3n) is 7.06. The van der Waals surface area contributed by atoms with E-state index in [1.807, 2.05) is 0 Å². The Labute approximate surface area is 199 Å². The van der Waals surface area contributed by atoms with E-state index in [-0.39, 0.29) is 6.17 Å². The van der Waals surface area contributed by atoms with E-state index >= 15 is 0 Å². The molecule has 1 heterocycles. The first-order valence-electron chi connectivity index (χ1n) is 13.9. The van der Waals surface area contributed by atoms with Crippen molar-refractivity contribution in [2.45, 2.75) is 128 Å². The van der Waals surface area contributed by atoms with Gasteiger partial charge in [-0.25, -0.2) is 0 Å². The quantitative estimate of drug-likeness (QED) is 0.212. The molecule has 1 fully saturated rings. The largest absolute Gasteiger partial charge is 0.378 e. The van der Waals surface area contributed by atoms with Crippen LogP contribution in [0.1, 0.15) is 115 Å². The molecule has 1 aromatic carbocycles. The SMILES string of the molecule is CCCCCCCCCCCCCCC(Cc1ccccc1)OCCC(N)N1CCCC1. The molecule has 2 N–H and O–H groups in total. The van der Waals surface area contributed by atoms with E-state index in [4.69, 9.17) is 10.5 Å². The average Bonchev–Trinajstić information content (AvgIpc) is 3.35. The van der Waals surface area contributed by atoms with Crippen molar-refractivity contribution in [2.24, 2.45) is 5.73 Å². The van der Waals surface area contributed by atoms with E-state index in [2.05, 4.69) is 42.2 Å². The topological polar surface area (TPSA) is 38.5 Å². The van der Waals surface area contributed by atoms with Crippen molar-refractivity contribution in [3.8, 4) is 0 Å². The van der Waals surface area contributed by atoms with Gasteiger partial charge in [-0.1, -0.05) is 114 Å². The summed E-state index contributed by atoms with van der Waals surface area (Å²) >= 11 is 0. The van der Waals surface area contributed by atoms with Gasteiger partial charge < -0.3 is 10.5 Å². The number of hydrogen-bond acceptors (Lipinski definition) is 3. The van der Waals surface area contributed by atoms with Gasteiger partial charge >= 0.3 is 0 Å². The summed E-state index contributed by atoms with van der Waals surface area (Å²) in [5.74, 6) is 0. The summed E-state index contributed by atoms with van der Waals surface area (Å²) in [6.45, 7) is 5.40. The number of likely N-dealkylation sites (tertiary alicyclic amines) is 1. The summed E-state index contributed by atoms with van der Waals surface area (Å²) in [5.41, 5.74) is 7.77. The summed E-state index contributed by atoms with van der Waals surface area (Å²) in [7, 11) is 0. The van der Waals surface area contributed by atoms with Crippen molar-refractivity contribution in [2.75, 3.05) is 19.7 Å². The van der Waals surface area contributed by atoms with Gasteiger partial charge in [-0.2, -0.15) is 0 Å². The Morgan fingerprint density at radius 1 is 0.781 bits per heavy atom. The molecule has 0 saturated carbocycles. The molecule has 0 bridgehead atoms. The highest BCUT2D eigenvalue weighted by atomic mass is 16.5. The van der Waals surface area contributed by atoms with Crippen LogP contribution in [0.4, 0.5) is 0 Å². The lowest BCUT2D eigenvalue weighted by Gasteiger charge is -2.25. The molecule has 0 amide bonds. The molecule has 184 valence electrons. The number of unbranched alkanes of at least 4 members (excludes halogenated alkanes) is 11. The summed E-state index contributed by atoms with van der Waals surface area (Å²) in [5, 5.41) is 0. The maximum absolute atomic E-state index is 6.38. The molecule has 0 radical (unpaired) electrons. The highest BCUT2D eigenvalue weighted by Gasteiger charge is 2.19. The van der Waals surface area contributed by atoms with Crippen molar-refractivity contribution in [3.63, 3.8) is 0 Å². The Bertz CT molecular complexity index is 529. The van der Waals surface area contributed by atoms with Crippen molar-refractivity contribution in [1.29, 1.82) is 0 Å². The Hall–Kier alpha value is -0.900. The fraction of sp³-hybridized carbons (Fsp3) is 0.793. The smallest absolute Gasteiger partial charge is 0.0615 e. The van der Waals surface area contributed by atoms with Gasteiger partial charge in [0.1, 0.15) is 0 Å². The van der Waals surface area contributed by atoms with Crippen molar-refractivity contribution in [3.05, 3.63) is 35.9 Å². The van der Waals surface area contributed by atoms with Gasteiger partial charge in [0, 0.05) is 6.61 Å². The summed E-state index contributed by atoms with van der Waals surface area (Å²) in [6.07, 6.45) is 23.0. The molecule has 0 spiro atoms. The van der Waals surface area contributed by atoms with Gasteiger partial charge in [-0.15, -0.1) is 0 Å². The zero-order valence-corrected chi connectivity index (χ0v) is 21.1. The van der Waals surface area contributed by atoms with Crippen LogP contribution in [0, 0.1) is 0 Å². The molecular weight excluding hydrogens is 392 g/mol. The minimum absolute atomic E-state index is 0.168. The molecule has 0 aliphatic carbocycles. The molecule has 2 atom stereocenters. The Balaban J connectivity index is 1.55. The second kappa shape index (κ2) is 18.5. The number of hydrogen-bond donors (Lipinski definition) is 1. The van der Waals surface area contributed by atoms with Gasteiger partial charge in [0.15, 0.2) is 0 Å². The van der Waals surface area contributed by atoms with Crippen LogP contribution >= 0.6 is 0 Å². The number of benzene rings is 1. The minimum atomic E-state index is 0.168. The van der Waals surface area contributed by atoms with E-state index in [9.17, 15) is 0 Å². The molecule has 32 heavy (non-hydrogen) atoms. The average molecular weight is 445 g/mol. The molecule has 3 heteroatoms. The van der Waals surface area contributed by atoms with Crippen molar-refractivity contribution >= 4 is 0 Å². The number of nitrogens with zero attached hydrogens (tertiary/aromatic N) is 1. The highest BCUT2D eigenvalue weighted by molar-refractivity contribution is 5.15. The molecule has 3 nitrogen and oxygen atoms in total. The first-order valence-corrected chi connectivity index (χ1v) is 13.9. The van der Waals surface area contributed by atoms with Gasteiger partial charge in [0.25, 0.3) is 0 Å². The van der Waals surface area contributed by atoms with E-state index < -0.39 is 0 Å². The maximum atomic E-state index is 6.38. The maximum Gasteiger partial charge on any atom is 0.0615 e. The van der Waals surface area contributed by atoms with Crippen LogP contribution < -0.4 is 5.73 Å². The van der Waals surface area contributed by atoms with Crippen molar-refractivity contribution < 1.29 is 4.74 Å². The first kappa shape index (κ1) is 27.3. The van der Waals surface area contributed by atoms with Gasteiger partial charge in [0.2, 0.25) is 0 Å². The molecule has 0 aromatic heterocycles. The van der Waals surface area contributed by atoms with Gasteiger partial charge in [0.05, 0.1) is 12.3 Å². The van der Waals surface area contributed by atoms with Crippen molar-refractivity contribution in [1.82, 2.24) is 4.90 Å². The minimum Gasteiger partial charge on any atom is -0.378 e. The molecule has 2 unspecified atom stereocenters. The monoisotopic (exact) mass is 444 g/mol. The lowest BCUT2D eigenvalue weighted by atomic mass is 10.0. The summed E-state index contributed by atoms with van der Waals surface area (Å²) in [4.78, 5) is 2.42. The van der Waals surface area contributed by atoms with Crippen LogP contribution in [0.15, 0.2) is 30.3 Å². The van der Waals surface area contributed by atoms with Crippen LogP contribution in [0.3, 0.4) is 0 Å². The first-order chi connectivity index (χ1) is 15.8. The summed E-state index contributed by atoms with van der Waals surface area (Å²) in [6, 6.07) is 10.8. The molecule has 1 aliphatic heterocycles. The second-order valence-electron chi connectivity index (χ2n) is 9.96. The van der Waals surface area contributed by atoms with Crippen LogP contribution in [0.2, 0.25) is 0 Å². The lowest BCUT2D eigenvalue weighted by Crippen LogP contribution is -2.41. The number of ether oxygens (including phenoxy) is 1. The highest BCUT2D eigenvalue weighted by Crippen LogP contribution is 2.17. The zero-order chi connectivity index (χ0) is 22.7. The fourth-order valence-corrected chi connectivity index (χ4v) is 4.95. The third-order valence-corrected chi connectivity index (χ3v) is 7.06. The Kier molecular flexibility index (Phi) is 15.8. The molecule has 2 rings (SSSR count). The van der Waals surface area contributed by atoms with Gasteiger partial charge in [-0.05, 0) is 50.8 Å². The normalized spacial score (nSPS) is 16.4. The standard InChI is InChI=1S/C29H52N2O/c1-2-3-4-5-6-7-8-9-10-11-12-16-21-28(26-27-19-14-13-15-20-27)32-25-22-29(30)31-23-17-18-24-31/h13-15,19-20,28-29H,2-12,16-18,21-26,30H2,1H3. The second-order valence-corrected chi connectivity index (χ2v) is 9.96. The van der Waals surface area contributed by atoms with Crippen LogP contribution in [-0.2, 0) is 11.2 Å². The molecule has 1 saturated heterocycles. The summed E-state index contributed by atoms with van der Waals surface area (Å²) < 4.78 is 6.37. The van der Waals surface area contributed by atoms with E-state index in [0.29, 0.717) is 6.10 Å². The fourth-order valence-electron chi connectivity index (χ4n) is 4.95. The lowest BCUT2D eigenvalue weighted by molar-refractivity contribution is 0.0327. The third kappa shape index (κ3) is 13.0. The zero-order valence-electron chi connectivity index (χ0n) is 21.1. The van der Waals surface area contributed by atoms with E-state index in [1.165, 1.54) is 102 Å². The van der Waals surface area contributed by atoms with Crippen LogP contribution in [0.25, 0.3) is 0 Å².